The highest BCUT2D eigenvalue weighted by atomic mass is 32.2. The van der Waals surface area contributed by atoms with Gasteiger partial charge in [-0.25, -0.2) is 0 Å². The van der Waals surface area contributed by atoms with Gasteiger partial charge in [0.25, 0.3) is 0 Å². The van der Waals surface area contributed by atoms with Crippen LogP contribution in [0.5, 0.6) is 0 Å². The number of carbonyl (C=O) groups excluding carboxylic acids is 2. The Bertz CT molecular complexity index is 482. The Kier molecular flexibility index (Phi) is 17.4. The highest BCUT2D eigenvalue weighted by Gasteiger charge is 2.38. The average Bonchev–Trinajstić information content (AvgIpc) is 2.73. The molecular weight excluding hydrogens is 408 g/mol. The van der Waals surface area contributed by atoms with Gasteiger partial charge in [-0.1, -0.05) is 104 Å². The van der Waals surface area contributed by atoms with E-state index in [0.29, 0.717) is 5.92 Å². The summed E-state index contributed by atoms with van der Waals surface area (Å²) in [6.07, 6.45) is 17.1. The maximum Gasteiger partial charge on any atom is 0.0575 e. The number of unbranched alkanes of at least 4 members (excludes halogenated alkanes) is 9. The van der Waals surface area contributed by atoms with Crippen LogP contribution in [-0.2, 0) is 9.59 Å². The highest BCUT2D eigenvalue weighted by Crippen LogP contribution is 2.42. The fourth-order valence-electron chi connectivity index (χ4n) is 4.43. The predicted molar refractivity (Wildman–Crippen MR) is 129 cm³/mol. The van der Waals surface area contributed by atoms with Crippen molar-refractivity contribution in [1.82, 2.24) is 0 Å². The van der Waals surface area contributed by atoms with E-state index in [9.17, 15) is 19.8 Å². The van der Waals surface area contributed by atoms with Gasteiger partial charge in [0.2, 0.25) is 0 Å². The van der Waals surface area contributed by atoms with E-state index >= 15 is 0 Å². The Balaban J connectivity index is 5.00. The van der Waals surface area contributed by atoms with Crippen LogP contribution in [0.4, 0.5) is 0 Å². The van der Waals surface area contributed by atoms with Gasteiger partial charge in [-0.3, -0.25) is 0 Å². The van der Waals surface area contributed by atoms with Crippen LogP contribution in [0, 0.1) is 11.8 Å². The van der Waals surface area contributed by atoms with E-state index in [4.69, 9.17) is 0 Å². The van der Waals surface area contributed by atoms with Crippen LogP contribution in [0.25, 0.3) is 0 Å². The predicted octanol–water partition coefficient (Wildman–Crippen LogP) is 5.51. The number of carboxylic acid groups (broad SMARTS) is 2. The molecule has 0 saturated heterocycles. The van der Waals surface area contributed by atoms with E-state index in [1.165, 1.54) is 51.9 Å². The third kappa shape index (κ3) is 12.8. The fraction of sp³-hybridized carbons (Fsp3) is 0.923. The van der Waals surface area contributed by atoms with E-state index in [2.05, 4.69) is 20.8 Å². The SMILES string of the molecule is CCCCCCCCCCCC(CC(CC)CCCC)C(C)(SC(C)C(=O)[O-])C(=O)[O-]. The molecule has 0 N–H and O–H groups in total. The maximum absolute atomic E-state index is 12.2. The largest absolute Gasteiger partial charge is 0.549 e. The summed E-state index contributed by atoms with van der Waals surface area (Å²) in [6, 6.07) is 0. The molecule has 0 aromatic rings. The van der Waals surface area contributed by atoms with Crippen LogP contribution in [0.1, 0.15) is 131 Å². The smallest absolute Gasteiger partial charge is 0.0575 e. The second-order valence-corrected chi connectivity index (χ2v) is 11.2. The lowest BCUT2D eigenvalue weighted by molar-refractivity contribution is -0.310. The van der Waals surface area contributed by atoms with Crippen LogP contribution in [0.2, 0.25) is 0 Å². The zero-order valence-corrected chi connectivity index (χ0v) is 21.7. The quantitative estimate of drug-likeness (QED) is 0.213. The monoisotopic (exact) mass is 456 g/mol. The van der Waals surface area contributed by atoms with Gasteiger partial charge in [-0.15, -0.1) is 11.8 Å². The second-order valence-electron chi connectivity index (χ2n) is 9.44. The summed E-state index contributed by atoms with van der Waals surface area (Å²) in [5, 5.41) is 22.7. The van der Waals surface area contributed by atoms with Gasteiger partial charge < -0.3 is 19.8 Å². The molecule has 0 aliphatic rings. The van der Waals surface area contributed by atoms with Crippen LogP contribution in [0.15, 0.2) is 0 Å². The Morgan fingerprint density at radius 1 is 0.806 bits per heavy atom. The first-order valence-electron chi connectivity index (χ1n) is 12.8. The van der Waals surface area contributed by atoms with Crippen LogP contribution in [0.3, 0.4) is 0 Å². The molecule has 0 spiro atoms. The normalized spacial score (nSPS) is 16.4. The lowest BCUT2D eigenvalue weighted by atomic mass is 9.79. The minimum absolute atomic E-state index is 0.0874. The molecule has 0 amide bonds. The maximum atomic E-state index is 12.2. The molecule has 184 valence electrons. The third-order valence-electron chi connectivity index (χ3n) is 6.76. The molecule has 0 aromatic carbocycles. The van der Waals surface area contributed by atoms with Gasteiger partial charge in [0.05, 0.1) is 16.7 Å². The summed E-state index contributed by atoms with van der Waals surface area (Å²) in [4.78, 5) is 23.5. The molecule has 0 bridgehead atoms. The van der Waals surface area contributed by atoms with E-state index in [-0.39, 0.29) is 5.92 Å². The number of carboxylic acids is 2. The highest BCUT2D eigenvalue weighted by molar-refractivity contribution is 8.02. The van der Waals surface area contributed by atoms with Crippen molar-refractivity contribution >= 4 is 23.7 Å². The van der Waals surface area contributed by atoms with Gasteiger partial charge in [0.15, 0.2) is 0 Å². The fourth-order valence-corrected chi connectivity index (χ4v) is 5.76. The Labute approximate surface area is 196 Å². The van der Waals surface area contributed by atoms with Crippen LogP contribution < -0.4 is 10.2 Å². The molecule has 0 aromatic heterocycles. The van der Waals surface area contributed by atoms with Gasteiger partial charge in [-0.2, -0.15) is 0 Å². The number of hydrogen-bond acceptors (Lipinski definition) is 5. The van der Waals surface area contributed by atoms with Crippen molar-refractivity contribution in [3.05, 3.63) is 0 Å². The average molecular weight is 457 g/mol. The molecule has 0 heterocycles. The van der Waals surface area contributed by atoms with Crippen molar-refractivity contribution in [3.8, 4) is 0 Å². The molecule has 0 saturated carbocycles. The lowest BCUT2D eigenvalue weighted by Crippen LogP contribution is -2.51. The van der Waals surface area contributed by atoms with Crippen LogP contribution >= 0.6 is 11.8 Å². The summed E-state index contributed by atoms with van der Waals surface area (Å²) in [6.45, 7) is 9.77. The summed E-state index contributed by atoms with van der Waals surface area (Å²) < 4.78 is -1.21. The summed E-state index contributed by atoms with van der Waals surface area (Å²) in [5.41, 5.74) is 0. The standard InChI is InChI=1S/C26H50O4S/c1-6-9-11-12-13-14-15-16-17-19-23(20-22(8-3)18-10-7-2)26(5,25(29)30)31-21(4)24(27)28/h21-23H,6-20H2,1-5H3,(H,27,28)(H,29,30)/p-2. The minimum Gasteiger partial charge on any atom is -0.549 e. The summed E-state index contributed by atoms with van der Waals surface area (Å²) >= 11 is 1.00. The molecule has 0 aliphatic carbocycles. The van der Waals surface area contributed by atoms with Crippen molar-refractivity contribution in [2.24, 2.45) is 11.8 Å². The molecule has 4 atom stereocenters. The molecule has 31 heavy (non-hydrogen) atoms. The van der Waals surface area contributed by atoms with Gasteiger partial charge >= 0.3 is 0 Å². The molecule has 0 fully saturated rings. The molecule has 0 rings (SSSR count). The first-order valence-corrected chi connectivity index (χ1v) is 13.7. The van der Waals surface area contributed by atoms with Gasteiger partial charge in [-0.05, 0) is 38.5 Å². The molecular formula is C26H48O4S-2. The zero-order valence-electron chi connectivity index (χ0n) is 20.9. The number of rotatable bonds is 21. The van der Waals surface area contributed by atoms with E-state index < -0.39 is 21.9 Å². The number of hydrogen-bond donors (Lipinski definition) is 0. The van der Waals surface area contributed by atoms with Gasteiger partial charge in [0.1, 0.15) is 0 Å². The summed E-state index contributed by atoms with van der Waals surface area (Å²) in [7, 11) is 0. The number of aliphatic carboxylic acids is 2. The lowest BCUT2D eigenvalue weighted by Gasteiger charge is -2.41. The second kappa shape index (κ2) is 17.8. The Morgan fingerprint density at radius 2 is 1.32 bits per heavy atom. The number of carbonyl (C=O) groups is 2. The van der Waals surface area contributed by atoms with Gasteiger partial charge in [0, 0.05) is 5.25 Å². The van der Waals surface area contributed by atoms with E-state index in [0.717, 1.165) is 63.1 Å². The molecule has 4 unspecified atom stereocenters. The van der Waals surface area contributed by atoms with E-state index in [1.807, 2.05) is 0 Å². The van der Waals surface area contributed by atoms with Crippen LogP contribution in [-0.4, -0.2) is 21.9 Å². The molecule has 0 radical (unpaired) electrons. The molecule has 4 nitrogen and oxygen atoms in total. The van der Waals surface area contributed by atoms with Crippen molar-refractivity contribution in [3.63, 3.8) is 0 Å². The first-order chi connectivity index (χ1) is 14.7. The molecule has 5 heteroatoms. The first kappa shape index (κ1) is 30.3. The van der Waals surface area contributed by atoms with E-state index in [1.54, 1.807) is 6.92 Å². The van der Waals surface area contributed by atoms with Crippen molar-refractivity contribution in [2.45, 2.75) is 141 Å². The van der Waals surface area contributed by atoms with Crippen molar-refractivity contribution in [2.75, 3.05) is 0 Å². The molecule has 0 aliphatic heterocycles. The van der Waals surface area contributed by atoms with Crippen molar-refractivity contribution in [1.29, 1.82) is 0 Å². The van der Waals surface area contributed by atoms with Crippen molar-refractivity contribution < 1.29 is 19.8 Å². The Hall–Kier alpha value is -0.710. The topological polar surface area (TPSA) is 80.3 Å². The third-order valence-corrected chi connectivity index (χ3v) is 8.29. The summed E-state index contributed by atoms with van der Waals surface area (Å²) in [5.74, 6) is -1.97. The zero-order chi connectivity index (χ0) is 23.7. The Morgan fingerprint density at radius 3 is 1.77 bits per heavy atom. The number of thioether (sulfide) groups is 1. The minimum atomic E-state index is -1.21.